The Morgan fingerprint density at radius 3 is 1.16 bits per heavy atom. The van der Waals surface area contributed by atoms with Crippen molar-refractivity contribution in [1.82, 2.24) is 47.9 Å². The lowest BCUT2D eigenvalue weighted by Crippen LogP contribution is -2.59. The van der Waals surface area contributed by atoms with Crippen LogP contribution < -0.4 is 47.9 Å². The van der Waals surface area contributed by atoms with Crippen molar-refractivity contribution in [3.63, 3.8) is 0 Å². The summed E-state index contributed by atoms with van der Waals surface area (Å²) in [5, 5.41) is 28.4. The molecule has 358 valence electrons. The van der Waals surface area contributed by atoms with Gasteiger partial charge in [0.05, 0.1) is 12.2 Å². The summed E-state index contributed by atoms with van der Waals surface area (Å²) in [7, 11) is 1.82. The molecule has 0 aromatic heterocycles. The predicted octanol–water partition coefficient (Wildman–Crippen LogP) is 1.34. The van der Waals surface area contributed by atoms with Crippen LogP contribution in [0.1, 0.15) is 113 Å². The third-order valence-electron chi connectivity index (χ3n) is 9.95. The molecule has 1 aliphatic rings. The van der Waals surface area contributed by atoms with E-state index in [9.17, 15) is 19.2 Å². The molecule has 0 radical (unpaired) electrons. The minimum Gasteiger partial charge on any atom is -0.375 e. The van der Waals surface area contributed by atoms with Crippen LogP contribution in [0.2, 0.25) is 0 Å². The number of amides is 4. The Labute approximate surface area is 368 Å². The monoisotopic (exact) mass is 872 g/mol. The van der Waals surface area contributed by atoms with Crippen LogP contribution >= 0.6 is 0 Å². The summed E-state index contributed by atoms with van der Waals surface area (Å²) in [4.78, 5) is 49.6. The van der Waals surface area contributed by atoms with E-state index in [4.69, 9.17) is 18.9 Å². The summed E-state index contributed by atoms with van der Waals surface area (Å²) in [6, 6.07) is 1.20. The number of carbonyl (C=O) groups is 4. The average molecular weight is 872 g/mol. The zero-order valence-electron chi connectivity index (χ0n) is 39.5. The van der Waals surface area contributed by atoms with Gasteiger partial charge < -0.3 is 66.8 Å². The highest BCUT2D eigenvalue weighted by atomic mass is 16.6. The molecular formula is C44H89N9O8. The number of nitrogens with one attached hydrogen (secondary N) is 9. The van der Waals surface area contributed by atoms with Crippen molar-refractivity contribution in [2.24, 2.45) is 5.92 Å². The molecule has 61 heavy (non-hydrogen) atoms. The first-order valence-electron chi connectivity index (χ1n) is 23.3. The second kappa shape index (κ2) is 35.9. The lowest BCUT2D eigenvalue weighted by Gasteiger charge is -2.46. The van der Waals surface area contributed by atoms with Gasteiger partial charge in [-0.3, -0.25) is 19.2 Å². The third kappa shape index (κ3) is 30.3. The molecule has 0 heterocycles. The Balaban J connectivity index is 3.18. The molecule has 9 N–H and O–H groups in total. The Kier molecular flexibility index (Phi) is 33.3. The van der Waals surface area contributed by atoms with Gasteiger partial charge in [0.1, 0.15) is 12.2 Å². The molecule has 1 fully saturated rings. The Hall–Kier alpha value is -2.48. The predicted molar refractivity (Wildman–Crippen MR) is 243 cm³/mol. The van der Waals surface area contributed by atoms with E-state index in [1.165, 1.54) is 0 Å². The van der Waals surface area contributed by atoms with E-state index in [0.29, 0.717) is 161 Å². The number of hydrogen-bond donors (Lipinski definition) is 9. The maximum Gasteiger partial charge on any atom is 0.221 e. The van der Waals surface area contributed by atoms with Crippen molar-refractivity contribution in [2.45, 2.75) is 162 Å². The summed E-state index contributed by atoms with van der Waals surface area (Å²) in [6.07, 6.45) is 3.10. The standard InChI is InChI=1S/C44H89N9O8/c1-32(2)46-23-15-39(55)50-18-10-26-58-37-30-36(31-53-35(7)8)42(59-27-11-19-49-38(54)14-22-45-9)44(61-29-13-21-52-41(57)17-25-48-34(5)6)43(37)60-28-12-20-51-40(56)16-24-47-33(3)4/h32-37,42-48,53H,10-31H2,1-9H3,(H,49,54)(H,50,55)(H,51,56)(H,52,57). The molecule has 0 aromatic carbocycles. The van der Waals surface area contributed by atoms with Crippen molar-refractivity contribution < 1.29 is 38.1 Å². The normalized spacial score (nSPS) is 19.2. The van der Waals surface area contributed by atoms with Gasteiger partial charge in [0.2, 0.25) is 23.6 Å². The van der Waals surface area contributed by atoms with E-state index < -0.39 is 12.2 Å². The van der Waals surface area contributed by atoms with Gasteiger partial charge in [-0.1, -0.05) is 55.4 Å². The molecule has 1 saturated carbocycles. The highest BCUT2D eigenvalue weighted by Crippen LogP contribution is 2.34. The first-order chi connectivity index (χ1) is 29.2. The molecule has 4 amide bonds. The van der Waals surface area contributed by atoms with Crippen molar-refractivity contribution in [3.8, 4) is 0 Å². The van der Waals surface area contributed by atoms with E-state index in [1.807, 2.05) is 7.05 Å². The summed E-state index contributed by atoms with van der Waals surface area (Å²) < 4.78 is 26.8. The van der Waals surface area contributed by atoms with Crippen molar-refractivity contribution >= 4 is 23.6 Å². The summed E-state index contributed by atoms with van der Waals surface area (Å²) in [5.41, 5.74) is 0. The van der Waals surface area contributed by atoms with Crippen molar-refractivity contribution in [1.29, 1.82) is 0 Å². The van der Waals surface area contributed by atoms with Crippen LogP contribution in [-0.4, -0.2) is 165 Å². The lowest BCUT2D eigenvalue weighted by molar-refractivity contribution is -0.219. The van der Waals surface area contributed by atoms with Crippen LogP contribution in [0, 0.1) is 5.92 Å². The molecule has 1 rings (SSSR count). The molecule has 5 unspecified atom stereocenters. The maximum atomic E-state index is 12.5. The van der Waals surface area contributed by atoms with E-state index >= 15 is 0 Å². The van der Waals surface area contributed by atoms with E-state index in [2.05, 4.69) is 103 Å². The molecule has 17 heteroatoms. The largest absolute Gasteiger partial charge is 0.375 e. The molecule has 17 nitrogen and oxygen atoms in total. The third-order valence-corrected chi connectivity index (χ3v) is 9.95. The second-order valence-electron chi connectivity index (χ2n) is 17.2. The molecule has 0 aromatic rings. The van der Waals surface area contributed by atoms with Crippen LogP contribution in [0.5, 0.6) is 0 Å². The van der Waals surface area contributed by atoms with Crippen molar-refractivity contribution in [2.75, 3.05) is 92.4 Å². The first kappa shape index (κ1) is 56.5. The fourth-order valence-electron chi connectivity index (χ4n) is 6.71. The van der Waals surface area contributed by atoms with E-state index in [0.717, 1.165) is 0 Å². The smallest absolute Gasteiger partial charge is 0.221 e. The SMILES string of the molecule is CNCCC(=O)NCCCOC1C(CNC(C)C)CC(OCCCNC(=O)CCNC(C)C)C(OCCCNC(=O)CCNC(C)C)C1OCCCNC(=O)CCNC(C)C. The quantitative estimate of drug-likeness (QED) is 0.0402. The highest BCUT2D eigenvalue weighted by molar-refractivity contribution is 5.77. The van der Waals surface area contributed by atoms with Crippen LogP contribution in [0.4, 0.5) is 0 Å². The van der Waals surface area contributed by atoms with Crippen LogP contribution in [-0.2, 0) is 38.1 Å². The molecule has 0 bridgehead atoms. The van der Waals surface area contributed by atoms with Crippen LogP contribution in [0.15, 0.2) is 0 Å². The van der Waals surface area contributed by atoms with Gasteiger partial charge in [0.25, 0.3) is 0 Å². The number of rotatable bonds is 38. The number of carbonyl (C=O) groups excluding carboxylic acids is 4. The van der Waals surface area contributed by atoms with Gasteiger partial charge in [0.15, 0.2) is 0 Å². The van der Waals surface area contributed by atoms with Gasteiger partial charge in [0, 0.05) is 141 Å². The van der Waals surface area contributed by atoms with Crippen LogP contribution in [0.25, 0.3) is 0 Å². The minimum atomic E-state index is -0.501. The zero-order valence-corrected chi connectivity index (χ0v) is 39.5. The fraction of sp³-hybridized carbons (Fsp3) is 0.909. The Bertz CT molecular complexity index is 1150. The topological polar surface area (TPSA) is 213 Å². The fourth-order valence-corrected chi connectivity index (χ4v) is 6.71. The average Bonchev–Trinajstić information content (AvgIpc) is 3.19. The molecule has 0 saturated heterocycles. The second-order valence-corrected chi connectivity index (χ2v) is 17.2. The zero-order chi connectivity index (χ0) is 45.3. The van der Waals surface area contributed by atoms with Gasteiger partial charge in [-0.2, -0.15) is 0 Å². The maximum absolute atomic E-state index is 12.5. The summed E-state index contributed by atoms with van der Waals surface area (Å²) >= 11 is 0. The summed E-state index contributed by atoms with van der Waals surface area (Å²) in [6.45, 7) is 23.2. The summed E-state index contributed by atoms with van der Waals surface area (Å²) in [5.74, 6) is 0.000339. The minimum absolute atomic E-state index is 0.00419. The van der Waals surface area contributed by atoms with Gasteiger partial charge in [-0.15, -0.1) is 0 Å². The number of hydrogen-bond acceptors (Lipinski definition) is 13. The molecule has 0 spiro atoms. The first-order valence-corrected chi connectivity index (χ1v) is 23.3. The van der Waals surface area contributed by atoms with Crippen LogP contribution in [0.3, 0.4) is 0 Å². The molecule has 0 aliphatic heterocycles. The highest BCUT2D eigenvalue weighted by Gasteiger charge is 2.47. The van der Waals surface area contributed by atoms with Gasteiger partial charge >= 0.3 is 0 Å². The molecule has 5 atom stereocenters. The van der Waals surface area contributed by atoms with Gasteiger partial charge in [-0.25, -0.2) is 0 Å². The van der Waals surface area contributed by atoms with Crippen molar-refractivity contribution in [3.05, 3.63) is 0 Å². The molecule has 1 aliphatic carbocycles. The van der Waals surface area contributed by atoms with E-state index in [1.54, 1.807) is 0 Å². The Morgan fingerprint density at radius 1 is 0.443 bits per heavy atom. The van der Waals surface area contributed by atoms with Gasteiger partial charge in [-0.05, 0) is 39.2 Å². The molecular weight excluding hydrogens is 783 g/mol. The lowest BCUT2D eigenvalue weighted by atomic mass is 9.79. The number of ether oxygens (including phenoxy) is 4. The Morgan fingerprint density at radius 2 is 0.787 bits per heavy atom. The van der Waals surface area contributed by atoms with E-state index in [-0.39, 0.29) is 47.8 Å².